The molecular weight excluding hydrogens is 393 g/mol. The van der Waals surface area contributed by atoms with Crippen molar-refractivity contribution in [2.24, 2.45) is 0 Å². The fraction of sp³-hybridized carbons (Fsp3) is 0.143. The highest BCUT2D eigenvalue weighted by molar-refractivity contribution is 9.11. The molecule has 0 saturated heterocycles. The van der Waals surface area contributed by atoms with Gasteiger partial charge in [0.2, 0.25) is 0 Å². The quantitative estimate of drug-likeness (QED) is 0.402. The lowest BCUT2D eigenvalue weighted by Gasteiger charge is -2.13. The van der Waals surface area contributed by atoms with Gasteiger partial charge in [-0.15, -0.1) is 0 Å². The average molecular weight is 403 g/mol. The summed E-state index contributed by atoms with van der Waals surface area (Å²) in [7, 11) is 0. The first-order valence-electron chi connectivity index (χ1n) is 5.81. The maximum atomic E-state index is 13.9. The number of halogens is 3. The van der Waals surface area contributed by atoms with Gasteiger partial charge in [-0.2, -0.15) is 0 Å². The summed E-state index contributed by atoms with van der Waals surface area (Å²) in [4.78, 5) is 10.2. The summed E-state index contributed by atoms with van der Waals surface area (Å²) in [6, 6.07) is 11.2. The van der Waals surface area contributed by atoms with Crippen molar-refractivity contribution in [3.8, 4) is 0 Å². The summed E-state index contributed by atoms with van der Waals surface area (Å²) in [6.07, 6.45) is 0.330. The first-order chi connectivity index (χ1) is 9.50. The van der Waals surface area contributed by atoms with Gasteiger partial charge in [-0.25, -0.2) is 4.39 Å². The van der Waals surface area contributed by atoms with Crippen molar-refractivity contribution in [3.05, 3.63) is 74.0 Å². The van der Waals surface area contributed by atoms with Gasteiger partial charge in [0.05, 0.1) is 4.92 Å². The molecule has 0 saturated carbocycles. The lowest BCUT2D eigenvalue weighted by molar-refractivity contribution is -0.385. The molecule has 0 bridgehead atoms. The maximum absolute atomic E-state index is 13.9. The van der Waals surface area contributed by atoms with Gasteiger partial charge in [0.1, 0.15) is 5.82 Å². The number of nitro groups is 1. The molecule has 20 heavy (non-hydrogen) atoms. The molecule has 0 fully saturated rings. The third-order valence-electron chi connectivity index (χ3n) is 2.90. The largest absolute Gasteiger partial charge is 0.272 e. The molecule has 0 heterocycles. The van der Waals surface area contributed by atoms with E-state index in [0.29, 0.717) is 22.0 Å². The van der Waals surface area contributed by atoms with Crippen LogP contribution in [0.25, 0.3) is 0 Å². The van der Waals surface area contributed by atoms with E-state index in [0.717, 1.165) is 0 Å². The standard InChI is InChI=1S/C14H10Br2FNO2/c15-10-5-3-6-12(17)14(10)11(16)8-9-4-1-2-7-13(9)18(19)20/h1-7,11H,8H2. The second-order valence-electron chi connectivity index (χ2n) is 4.19. The zero-order valence-electron chi connectivity index (χ0n) is 10.2. The van der Waals surface area contributed by atoms with Gasteiger partial charge in [-0.05, 0) is 18.6 Å². The van der Waals surface area contributed by atoms with Crippen molar-refractivity contribution in [2.45, 2.75) is 11.2 Å². The van der Waals surface area contributed by atoms with Gasteiger partial charge >= 0.3 is 0 Å². The third kappa shape index (κ3) is 3.24. The molecule has 1 atom stereocenters. The molecule has 1 unspecified atom stereocenters. The Hall–Kier alpha value is -1.27. The van der Waals surface area contributed by atoms with Crippen molar-refractivity contribution in [2.75, 3.05) is 0 Å². The predicted molar refractivity (Wildman–Crippen MR) is 82.6 cm³/mol. The molecule has 104 valence electrons. The molecule has 0 N–H and O–H groups in total. The molecule has 0 amide bonds. The number of alkyl halides is 1. The maximum Gasteiger partial charge on any atom is 0.272 e. The highest BCUT2D eigenvalue weighted by atomic mass is 79.9. The van der Waals surface area contributed by atoms with E-state index in [-0.39, 0.29) is 16.3 Å². The second-order valence-corrected chi connectivity index (χ2v) is 6.15. The molecule has 3 nitrogen and oxygen atoms in total. The second kappa shape index (κ2) is 6.45. The molecule has 0 radical (unpaired) electrons. The summed E-state index contributed by atoms with van der Waals surface area (Å²) in [5, 5.41) is 11.0. The van der Waals surface area contributed by atoms with Crippen LogP contribution in [0.4, 0.5) is 10.1 Å². The molecule has 6 heteroatoms. The Morgan fingerprint density at radius 1 is 1.20 bits per heavy atom. The average Bonchev–Trinajstić information content (AvgIpc) is 2.38. The molecule has 0 aliphatic rings. The monoisotopic (exact) mass is 401 g/mol. The highest BCUT2D eigenvalue weighted by Gasteiger charge is 2.20. The van der Waals surface area contributed by atoms with Gasteiger partial charge in [0.25, 0.3) is 5.69 Å². The Labute approximate surface area is 132 Å². The van der Waals surface area contributed by atoms with Crippen molar-refractivity contribution in [3.63, 3.8) is 0 Å². The summed E-state index contributed by atoms with van der Waals surface area (Å²) in [5.74, 6) is -0.347. The highest BCUT2D eigenvalue weighted by Crippen LogP contribution is 2.36. The van der Waals surface area contributed by atoms with Crippen LogP contribution in [0.2, 0.25) is 0 Å². The van der Waals surface area contributed by atoms with Crippen molar-refractivity contribution >= 4 is 37.5 Å². The number of benzene rings is 2. The van der Waals surface area contributed by atoms with E-state index in [1.807, 2.05) is 0 Å². The van der Waals surface area contributed by atoms with Crippen LogP contribution in [0.5, 0.6) is 0 Å². The van der Waals surface area contributed by atoms with Gasteiger partial charge in [-0.3, -0.25) is 10.1 Å². The number of nitrogens with zero attached hydrogens (tertiary/aromatic N) is 1. The van der Waals surface area contributed by atoms with E-state index in [2.05, 4.69) is 31.9 Å². The van der Waals surface area contributed by atoms with E-state index < -0.39 is 4.92 Å². The molecule has 0 aliphatic carbocycles. The van der Waals surface area contributed by atoms with Crippen molar-refractivity contribution in [1.29, 1.82) is 0 Å². The van der Waals surface area contributed by atoms with Crippen LogP contribution in [0.15, 0.2) is 46.9 Å². The van der Waals surface area contributed by atoms with E-state index >= 15 is 0 Å². The summed E-state index contributed by atoms with van der Waals surface area (Å²) in [5.41, 5.74) is 1.07. The molecule has 2 aromatic carbocycles. The van der Waals surface area contributed by atoms with Crippen LogP contribution < -0.4 is 0 Å². The number of hydrogen-bond acceptors (Lipinski definition) is 2. The van der Waals surface area contributed by atoms with Crippen LogP contribution in [0.1, 0.15) is 16.0 Å². The Balaban J connectivity index is 2.33. The van der Waals surface area contributed by atoms with Crippen molar-refractivity contribution in [1.82, 2.24) is 0 Å². The fourth-order valence-electron chi connectivity index (χ4n) is 1.97. The molecule has 0 aliphatic heterocycles. The number of hydrogen-bond donors (Lipinski definition) is 0. The lowest BCUT2D eigenvalue weighted by Crippen LogP contribution is -2.02. The van der Waals surface area contributed by atoms with Gasteiger partial charge in [0.15, 0.2) is 0 Å². The smallest absolute Gasteiger partial charge is 0.258 e. The van der Waals surface area contributed by atoms with Crippen LogP contribution >= 0.6 is 31.9 Å². The first-order valence-corrected chi connectivity index (χ1v) is 7.52. The topological polar surface area (TPSA) is 43.1 Å². The molecule has 2 aromatic rings. The molecule has 0 spiro atoms. The van der Waals surface area contributed by atoms with E-state index in [1.54, 1.807) is 30.3 Å². The number of rotatable bonds is 4. The lowest BCUT2D eigenvalue weighted by atomic mass is 10.0. The van der Waals surface area contributed by atoms with Gasteiger partial charge in [0, 0.05) is 26.5 Å². The molecule has 2 rings (SSSR count). The van der Waals surface area contributed by atoms with Gasteiger partial charge in [-0.1, -0.05) is 56.1 Å². The minimum Gasteiger partial charge on any atom is -0.258 e. The molecular formula is C14H10Br2FNO2. The molecule has 0 aromatic heterocycles. The summed E-state index contributed by atoms with van der Waals surface area (Å²) >= 11 is 6.72. The van der Waals surface area contributed by atoms with Crippen molar-refractivity contribution < 1.29 is 9.31 Å². The van der Waals surface area contributed by atoms with Crippen LogP contribution in [0, 0.1) is 15.9 Å². The Morgan fingerprint density at radius 2 is 1.90 bits per heavy atom. The Bertz CT molecular complexity index is 629. The number of para-hydroxylation sites is 1. The summed E-state index contributed by atoms with van der Waals surface area (Å²) < 4.78 is 14.5. The minimum absolute atomic E-state index is 0.0458. The summed E-state index contributed by atoms with van der Waals surface area (Å²) in [6.45, 7) is 0. The predicted octanol–water partition coefficient (Wildman–Crippen LogP) is 5.18. The third-order valence-corrected chi connectivity index (χ3v) is 4.37. The zero-order valence-corrected chi connectivity index (χ0v) is 13.4. The van der Waals surface area contributed by atoms with Crippen LogP contribution in [-0.4, -0.2) is 4.92 Å². The van der Waals surface area contributed by atoms with Crippen LogP contribution in [0.3, 0.4) is 0 Å². The minimum atomic E-state index is -0.425. The van der Waals surface area contributed by atoms with Crippen LogP contribution in [-0.2, 0) is 6.42 Å². The fourth-order valence-corrected chi connectivity index (χ4v) is 3.71. The zero-order chi connectivity index (χ0) is 14.7. The van der Waals surface area contributed by atoms with E-state index in [1.165, 1.54) is 12.1 Å². The first kappa shape index (κ1) is 15.1. The van der Waals surface area contributed by atoms with E-state index in [9.17, 15) is 14.5 Å². The van der Waals surface area contributed by atoms with E-state index in [4.69, 9.17) is 0 Å². The Kier molecular flexibility index (Phi) is 4.88. The Morgan fingerprint density at radius 3 is 2.55 bits per heavy atom. The SMILES string of the molecule is O=[N+]([O-])c1ccccc1CC(Br)c1c(F)cccc1Br. The number of nitro benzene ring substituents is 1. The van der Waals surface area contributed by atoms with Gasteiger partial charge < -0.3 is 0 Å². The normalized spacial score (nSPS) is 12.2.